The van der Waals surface area contributed by atoms with E-state index < -0.39 is 0 Å². The van der Waals surface area contributed by atoms with Gasteiger partial charge in [0.1, 0.15) is 10.6 Å². The molecule has 1 aliphatic carbocycles. The van der Waals surface area contributed by atoms with E-state index in [0.717, 1.165) is 41.6 Å². The molecule has 36 heavy (non-hydrogen) atoms. The average Bonchev–Trinajstić information content (AvgIpc) is 3.60. The third-order valence-corrected chi connectivity index (χ3v) is 9.59. The quantitative estimate of drug-likeness (QED) is 0.459. The molecular weight excluding hydrogens is 468 g/mol. The number of aromatic nitrogens is 2. The topological polar surface area (TPSA) is 82.2 Å². The van der Waals surface area contributed by atoms with Crippen LogP contribution in [-0.2, 0) is 4.79 Å². The summed E-state index contributed by atoms with van der Waals surface area (Å²) in [6, 6.07) is 12.8. The third kappa shape index (κ3) is 4.09. The summed E-state index contributed by atoms with van der Waals surface area (Å²) in [5, 5.41) is 13.6. The number of benzene rings is 1. The summed E-state index contributed by atoms with van der Waals surface area (Å²) in [6.07, 6.45) is 9.64. The Balaban J connectivity index is 1.26. The molecule has 1 amide bonds. The van der Waals surface area contributed by atoms with E-state index in [1.807, 2.05) is 0 Å². The number of carbonyl (C=O) groups is 1. The van der Waals surface area contributed by atoms with E-state index in [0.29, 0.717) is 24.1 Å². The van der Waals surface area contributed by atoms with Gasteiger partial charge < -0.3 is 15.5 Å². The van der Waals surface area contributed by atoms with Crippen molar-refractivity contribution in [2.75, 3.05) is 23.3 Å². The van der Waals surface area contributed by atoms with Crippen LogP contribution in [0, 0.1) is 5.92 Å². The number of anilines is 2. The Bertz CT molecular complexity index is 1240. The van der Waals surface area contributed by atoms with Crippen molar-refractivity contribution in [2.45, 2.75) is 75.5 Å². The molecule has 3 atom stereocenters. The van der Waals surface area contributed by atoms with Crippen molar-refractivity contribution < 1.29 is 4.79 Å². The van der Waals surface area contributed by atoms with Gasteiger partial charge in [-0.3, -0.25) is 10.1 Å². The SMILES string of the molecule is O=C(Nc1nc(N2C3CCC2CC(NC2CCC2)C3)c2c(-c3ccccc3)csc2n1)C1CCNC1. The third-order valence-electron chi connectivity index (χ3n) is 8.72. The first kappa shape index (κ1) is 22.6. The fourth-order valence-electron chi connectivity index (χ4n) is 6.65. The first-order chi connectivity index (χ1) is 17.7. The molecule has 188 valence electrons. The molecule has 1 saturated carbocycles. The average molecular weight is 503 g/mol. The summed E-state index contributed by atoms with van der Waals surface area (Å²) in [7, 11) is 0. The van der Waals surface area contributed by atoms with Gasteiger partial charge in [-0.05, 0) is 57.1 Å². The molecular formula is C28H34N6OS. The Morgan fingerprint density at radius 3 is 2.50 bits per heavy atom. The van der Waals surface area contributed by atoms with Crippen molar-refractivity contribution in [3.63, 3.8) is 0 Å². The lowest BCUT2D eigenvalue weighted by Gasteiger charge is -2.42. The van der Waals surface area contributed by atoms with Crippen LogP contribution < -0.4 is 20.9 Å². The van der Waals surface area contributed by atoms with Gasteiger partial charge in [0.2, 0.25) is 11.9 Å². The first-order valence-corrected chi connectivity index (χ1v) is 14.5. The number of thiophene rings is 1. The van der Waals surface area contributed by atoms with Gasteiger partial charge in [-0.25, -0.2) is 4.98 Å². The lowest BCUT2D eigenvalue weighted by molar-refractivity contribution is -0.119. The van der Waals surface area contributed by atoms with E-state index in [2.05, 4.69) is 56.6 Å². The van der Waals surface area contributed by atoms with Crippen molar-refractivity contribution in [1.82, 2.24) is 20.6 Å². The lowest BCUT2D eigenvalue weighted by Crippen LogP contribution is -2.53. The van der Waals surface area contributed by atoms with Crippen molar-refractivity contribution in [3.8, 4) is 11.1 Å². The molecule has 4 fully saturated rings. The fraction of sp³-hybridized carbons (Fsp3) is 0.536. The van der Waals surface area contributed by atoms with Gasteiger partial charge in [-0.15, -0.1) is 11.3 Å². The van der Waals surface area contributed by atoms with E-state index in [1.54, 1.807) is 11.3 Å². The number of fused-ring (bicyclic) bond motifs is 3. The van der Waals surface area contributed by atoms with Gasteiger partial charge in [0.15, 0.2) is 0 Å². The molecule has 2 aromatic heterocycles. The van der Waals surface area contributed by atoms with Crippen LogP contribution in [0.15, 0.2) is 35.7 Å². The van der Waals surface area contributed by atoms with Crippen LogP contribution in [-0.4, -0.2) is 53.1 Å². The number of amides is 1. The van der Waals surface area contributed by atoms with Crippen LogP contribution in [0.4, 0.5) is 11.8 Å². The molecule has 3 N–H and O–H groups in total. The number of rotatable bonds is 6. The number of hydrogen-bond acceptors (Lipinski definition) is 7. The number of hydrogen-bond donors (Lipinski definition) is 3. The largest absolute Gasteiger partial charge is 0.350 e. The predicted molar refractivity (Wildman–Crippen MR) is 146 cm³/mol. The van der Waals surface area contributed by atoms with Gasteiger partial charge in [0, 0.05) is 41.7 Å². The van der Waals surface area contributed by atoms with Gasteiger partial charge >= 0.3 is 0 Å². The second-order valence-corrected chi connectivity index (χ2v) is 11.9. The molecule has 0 radical (unpaired) electrons. The molecule has 7 rings (SSSR count). The van der Waals surface area contributed by atoms with Crippen molar-refractivity contribution in [2.24, 2.45) is 5.92 Å². The first-order valence-electron chi connectivity index (χ1n) is 13.6. The van der Waals surface area contributed by atoms with Crippen LogP contribution in [0.1, 0.15) is 51.4 Å². The molecule has 3 unspecified atom stereocenters. The highest BCUT2D eigenvalue weighted by Gasteiger charge is 2.43. The highest BCUT2D eigenvalue weighted by Crippen LogP contribution is 2.45. The Labute approximate surface area is 216 Å². The molecule has 4 aliphatic rings. The second-order valence-electron chi connectivity index (χ2n) is 11.0. The minimum absolute atomic E-state index is 0.0135. The summed E-state index contributed by atoms with van der Waals surface area (Å²) in [5.74, 6) is 1.47. The number of piperidine rings is 1. The number of carbonyl (C=O) groups excluding carboxylic acids is 1. The number of nitrogens with zero attached hydrogens (tertiary/aromatic N) is 3. The van der Waals surface area contributed by atoms with Crippen LogP contribution in [0.5, 0.6) is 0 Å². The highest BCUT2D eigenvalue weighted by atomic mass is 32.1. The van der Waals surface area contributed by atoms with E-state index in [1.165, 1.54) is 56.1 Å². The summed E-state index contributed by atoms with van der Waals surface area (Å²) in [4.78, 5) is 26.4. The second kappa shape index (κ2) is 9.39. The maximum Gasteiger partial charge on any atom is 0.232 e. The maximum absolute atomic E-state index is 12.9. The molecule has 2 bridgehead atoms. The Morgan fingerprint density at radius 2 is 1.81 bits per heavy atom. The van der Waals surface area contributed by atoms with Crippen molar-refractivity contribution >= 4 is 39.2 Å². The zero-order valence-electron chi connectivity index (χ0n) is 20.6. The summed E-state index contributed by atoms with van der Waals surface area (Å²) in [5.41, 5.74) is 2.38. The van der Waals surface area contributed by atoms with E-state index in [4.69, 9.17) is 9.97 Å². The monoisotopic (exact) mass is 502 g/mol. The maximum atomic E-state index is 12.9. The fourth-order valence-corrected chi connectivity index (χ4v) is 7.60. The molecule has 3 saturated heterocycles. The zero-order chi connectivity index (χ0) is 24.1. The predicted octanol–water partition coefficient (Wildman–Crippen LogP) is 4.55. The van der Waals surface area contributed by atoms with E-state index in [9.17, 15) is 4.79 Å². The van der Waals surface area contributed by atoms with Gasteiger partial charge in [-0.2, -0.15) is 4.98 Å². The van der Waals surface area contributed by atoms with Crippen molar-refractivity contribution in [3.05, 3.63) is 35.7 Å². The van der Waals surface area contributed by atoms with Gasteiger partial charge in [0.05, 0.1) is 11.3 Å². The van der Waals surface area contributed by atoms with Gasteiger partial charge in [-0.1, -0.05) is 36.8 Å². The smallest absolute Gasteiger partial charge is 0.232 e. The molecule has 1 aromatic carbocycles. The molecule has 5 heterocycles. The normalized spacial score (nSPS) is 27.9. The molecule has 3 aromatic rings. The van der Waals surface area contributed by atoms with Crippen LogP contribution in [0.25, 0.3) is 21.3 Å². The highest BCUT2D eigenvalue weighted by molar-refractivity contribution is 7.17. The van der Waals surface area contributed by atoms with Crippen molar-refractivity contribution in [1.29, 1.82) is 0 Å². The summed E-state index contributed by atoms with van der Waals surface area (Å²) >= 11 is 1.65. The van der Waals surface area contributed by atoms with Gasteiger partial charge in [0.25, 0.3) is 0 Å². The Kier molecular flexibility index (Phi) is 5.91. The molecule has 7 nitrogen and oxygen atoms in total. The Hall–Kier alpha value is -2.55. The van der Waals surface area contributed by atoms with Crippen LogP contribution in [0.2, 0.25) is 0 Å². The zero-order valence-corrected chi connectivity index (χ0v) is 21.4. The molecule has 0 spiro atoms. The lowest BCUT2D eigenvalue weighted by atomic mass is 9.89. The van der Waals surface area contributed by atoms with Crippen LogP contribution in [0.3, 0.4) is 0 Å². The summed E-state index contributed by atoms with van der Waals surface area (Å²) < 4.78 is 0. The standard InChI is InChI=1S/C28H34N6OS/c35-26(18-11-12-29-15-18)32-28-31-25(24-23(16-36-27(24)33-28)17-5-2-1-3-6-17)34-21-9-10-22(34)14-20(13-21)30-19-7-4-8-19/h1-3,5-6,16,18-22,29-30H,4,7-15H2,(H,31,32,33,35). The number of nitrogens with one attached hydrogen (secondary N) is 3. The van der Waals surface area contributed by atoms with E-state index >= 15 is 0 Å². The minimum atomic E-state index is -0.0135. The van der Waals surface area contributed by atoms with Crippen LogP contribution >= 0.6 is 11.3 Å². The molecule has 3 aliphatic heterocycles. The summed E-state index contributed by atoms with van der Waals surface area (Å²) in [6.45, 7) is 1.62. The van der Waals surface area contributed by atoms with E-state index in [-0.39, 0.29) is 11.8 Å². The minimum Gasteiger partial charge on any atom is -0.350 e. The molecule has 8 heteroatoms. The Morgan fingerprint density at radius 1 is 1.00 bits per heavy atom.